The van der Waals surface area contributed by atoms with E-state index >= 15 is 0 Å². The number of hydrogen-bond donors (Lipinski definition) is 1. The summed E-state index contributed by atoms with van der Waals surface area (Å²) in [6.45, 7) is 11.8. The van der Waals surface area contributed by atoms with Crippen LogP contribution in [-0.4, -0.2) is 72.8 Å². The number of methoxy groups -OCH3 is 2. The molecule has 1 N–H and O–H groups in total. The highest BCUT2D eigenvalue weighted by atomic mass is 16.6. The third kappa shape index (κ3) is 6.33. The molecule has 2 amide bonds. The summed E-state index contributed by atoms with van der Waals surface area (Å²) in [5.41, 5.74) is 6.45. The molecule has 5 rings (SSSR count). The highest BCUT2D eigenvalue weighted by molar-refractivity contribution is 5.97. The van der Waals surface area contributed by atoms with Crippen molar-refractivity contribution in [2.75, 3.05) is 40.4 Å². The Bertz CT molecular complexity index is 1640. The molecule has 0 radical (unpaired) electrons. The van der Waals surface area contributed by atoms with Gasteiger partial charge in [0.2, 0.25) is 0 Å². The molecule has 226 valence electrons. The second-order valence-corrected chi connectivity index (χ2v) is 12.2. The van der Waals surface area contributed by atoms with Crippen LogP contribution in [0.25, 0.3) is 33.3 Å². The number of amides is 2. The first-order valence-electron chi connectivity index (χ1n) is 14.7. The Hall–Kier alpha value is -4.46. The third-order valence-electron chi connectivity index (χ3n) is 7.75. The van der Waals surface area contributed by atoms with Crippen LogP contribution in [0.4, 0.5) is 4.79 Å². The molecule has 4 aromatic rings. The summed E-state index contributed by atoms with van der Waals surface area (Å²) in [7, 11) is 3.28. The summed E-state index contributed by atoms with van der Waals surface area (Å²) < 4.78 is 16.5. The van der Waals surface area contributed by atoms with Crippen molar-refractivity contribution in [2.24, 2.45) is 0 Å². The van der Waals surface area contributed by atoms with Gasteiger partial charge in [0.1, 0.15) is 5.60 Å². The molecule has 1 aliphatic heterocycles. The number of carbonyl (C=O) groups is 2. The van der Waals surface area contributed by atoms with E-state index < -0.39 is 5.60 Å². The van der Waals surface area contributed by atoms with Gasteiger partial charge in [-0.1, -0.05) is 32.0 Å². The second-order valence-electron chi connectivity index (χ2n) is 12.2. The standard InChI is InChI=1S/C35H41N3O5/c1-22(2)31-27-20-24(11-13-28(27)36-32(31)25-12-14-29(41-6)30(21-25)42-7)23-9-8-10-26(19-23)33(39)37-15-17-38(18-16-37)34(40)43-35(3,4)5/h8-14,19-22,36H,15-18H2,1-7H3. The monoisotopic (exact) mass is 583 g/mol. The third-order valence-corrected chi connectivity index (χ3v) is 7.75. The second kappa shape index (κ2) is 12.0. The Morgan fingerprint density at radius 1 is 0.791 bits per heavy atom. The highest BCUT2D eigenvalue weighted by Crippen LogP contribution is 2.40. The number of aromatic nitrogens is 1. The SMILES string of the molecule is COc1ccc(-c2[nH]c3ccc(-c4cccc(C(=O)N5CCN(C(=O)OC(C)(C)C)CC5)c4)cc3c2C(C)C)cc1OC. The first kappa shape index (κ1) is 30.0. The maximum absolute atomic E-state index is 13.5. The molecule has 0 aliphatic carbocycles. The molecular formula is C35H41N3O5. The number of H-pyrrole nitrogens is 1. The van der Waals surface area contributed by atoms with Gasteiger partial charge in [0.05, 0.1) is 19.9 Å². The zero-order chi connectivity index (χ0) is 30.9. The predicted octanol–water partition coefficient (Wildman–Crippen LogP) is 7.34. The minimum Gasteiger partial charge on any atom is -0.493 e. The lowest BCUT2D eigenvalue weighted by Crippen LogP contribution is -2.51. The molecule has 0 saturated carbocycles. The molecule has 1 fully saturated rings. The van der Waals surface area contributed by atoms with Crippen LogP contribution in [0.1, 0.15) is 56.5 Å². The molecule has 8 heteroatoms. The maximum Gasteiger partial charge on any atom is 0.410 e. The molecule has 1 aromatic heterocycles. The largest absolute Gasteiger partial charge is 0.493 e. The van der Waals surface area contributed by atoms with E-state index in [2.05, 4.69) is 37.0 Å². The average molecular weight is 584 g/mol. The lowest BCUT2D eigenvalue weighted by molar-refractivity contribution is 0.0141. The highest BCUT2D eigenvalue weighted by Gasteiger charge is 2.28. The van der Waals surface area contributed by atoms with Crippen molar-refractivity contribution in [2.45, 2.75) is 46.1 Å². The van der Waals surface area contributed by atoms with Gasteiger partial charge in [-0.2, -0.15) is 0 Å². The number of aromatic amines is 1. The fraction of sp³-hybridized carbons (Fsp3) is 0.371. The fourth-order valence-corrected chi connectivity index (χ4v) is 5.64. The lowest BCUT2D eigenvalue weighted by atomic mass is 9.94. The number of piperazine rings is 1. The van der Waals surface area contributed by atoms with Crippen LogP contribution < -0.4 is 9.47 Å². The van der Waals surface area contributed by atoms with Gasteiger partial charge in [-0.3, -0.25) is 4.79 Å². The van der Waals surface area contributed by atoms with E-state index in [0.717, 1.165) is 33.3 Å². The van der Waals surface area contributed by atoms with Gasteiger partial charge in [0, 0.05) is 48.2 Å². The van der Waals surface area contributed by atoms with Gasteiger partial charge in [-0.25, -0.2) is 4.79 Å². The summed E-state index contributed by atoms with van der Waals surface area (Å²) in [5.74, 6) is 1.60. The summed E-state index contributed by atoms with van der Waals surface area (Å²) in [5, 5.41) is 1.15. The van der Waals surface area contributed by atoms with Gasteiger partial charge in [0.15, 0.2) is 11.5 Å². The first-order chi connectivity index (χ1) is 20.5. The van der Waals surface area contributed by atoms with Gasteiger partial charge in [0.25, 0.3) is 5.91 Å². The van der Waals surface area contributed by atoms with E-state index in [1.807, 2.05) is 68.1 Å². The van der Waals surface area contributed by atoms with E-state index in [9.17, 15) is 9.59 Å². The Balaban J connectivity index is 1.40. The number of rotatable bonds is 6. The zero-order valence-electron chi connectivity index (χ0n) is 26.1. The van der Waals surface area contributed by atoms with Crippen molar-refractivity contribution >= 4 is 22.9 Å². The normalized spacial score (nSPS) is 13.9. The van der Waals surface area contributed by atoms with Crippen molar-refractivity contribution in [3.05, 3.63) is 71.8 Å². The van der Waals surface area contributed by atoms with Gasteiger partial charge in [-0.05, 0) is 85.8 Å². The van der Waals surface area contributed by atoms with Crippen LogP contribution in [0.3, 0.4) is 0 Å². The number of nitrogens with one attached hydrogen (secondary N) is 1. The summed E-state index contributed by atoms with van der Waals surface area (Å²) in [6, 6.07) is 20.1. The number of fused-ring (bicyclic) bond motifs is 1. The maximum atomic E-state index is 13.5. The number of hydrogen-bond acceptors (Lipinski definition) is 5. The molecule has 8 nitrogen and oxygen atoms in total. The van der Waals surface area contributed by atoms with E-state index in [4.69, 9.17) is 14.2 Å². The molecule has 43 heavy (non-hydrogen) atoms. The van der Waals surface area contributed by atoms with E-state index in [-0.39, 0.29) is 17.9 Å². The summed E-state index contributed by atoms with van der Waals surface area (Å²) >= 11 is 0. The molecule has 0 atom stereocenters. The molecular weight excluding hydrogens is 542 g/mol. The minimum atomic E-state index is -0.547. The summed E-state index contributed by atoms with van der Waals surface area (Å²) in [6.07, 6.45) is -0.336. The van der Waals surface area contributed by atoms with Crippen LogP contribution in [-0.2, 0) is 4.74 Å². The number of nitrogens with zero attached hydrogens (tertiary/aromatic N) is 2. The van der Waals surface area contributed by atoms with Crippen LogP contribution >= 0.6 is 0 Å². The Morgan fingerprint density at radius 2 is 1.44 bits per heavy atom. The minimum absolute atomic E-state index is 0.0352. The number of carbonyl (C=O) groups excluding carboxylic acids is 2. The van der Waals surface area contributed by atoms with E-state index in [1.54, 1.807) is 19.1 Å². The smallest absolute Gasteiger partial charge is 0.410 e. The zero-order valence-corrected chi connectivity index (χ0v) is 26.1. The van der Waals surface area contributed by atoms with Crippen LogP contribution in [0.2, 0.25) is 0 Å². The Labute approximate surface area is 253 Å². The summed E-state index contributed by atoms with van der Waals surface area (Å²) in [4.78, 5) is 33.0. The molecule has 0 spiro atoms. The van der Waals surface area contributed by atoms with Gasteiger partial charge in [-0.15, -0.1) is 0 Å². The van der Waals surface area contributed by atoms with Gasteiger partial charge >= 0.3 is 6.09 Å². The first-order valence-corrected chi connectivity index (χ1v) is 14.7. The molecule has 2 heterocycles. The van der Waals surface area contributed by atoms with Crippen molar-refractivity contribution in [3.8, 4) is 33.9 Å². The van der Waals surface area contributed by atoms with Crippen LogP contribution in [0, 0.1) is 0 Å². The Morgan fingerprint density at radius 3 is 2.09 bits per heavy atom. The Kier molecular flexibility index (Phi) is 8.40. The van der Waals surface area contributed by atoms with Crippen molar-refractivity contribution in [1.82, 2.24) is 14.8 Å². The molecule has 1 saturated heterocycles. The predicted molar refractivity (Wildman–Crippen MR) is 170 cm³/mol. The number of ether oxygens (including phenoxy) is 3. The lowest BCUT2D eigenvalue weighted by Gasteiger charge is -2.35. The topological polar surface area (TPSA) is 84.1 Å². The quantitative estimate of drug-likeness (QED) is 0.257. The number of benzene rings is 3. The van der Waals surface area contributed by atoms with Crippen LogP contribution in [0.15, 0.2) is 60.7 Å². The molecule has 1 aliphatic rings. The van der Waals surface area contributed by atoms with Crippen molar-refractivity contribution in [1.29, 1.82) is 0 Å². The van der Waals surface area contributed by atoms with Crippen LogP contribution in [0.5, 0.6) is 11.5 Å². The van der Waals surface area contributed by atoms with E-state index in [1.165, 1.54) is 5.56 Å². The molecule has 3 aromatic carbocycles. The van der Waals surface area contributed by atoms with Crippen molar-refractivity contribution in [3.63, 3.8) is 0 Å². The average Bonchev–Trinajstić information content (AvgIpc) is 3.39. The molecule has 0 unspecified atom stereocenters. The molecule has 0 bridgehead atoms. The van der Waals surface area contributed by atoms with E-state index in [0.29, 0.717) is 43.2 Å². The van der Waals surface area contributed by atoms with Crippen molar-refractivity contribution < 1.29 is 23.8 Å². The van der Waals surface area contributed by atoms with Gasteiger partial charge < -0.3 is 29.0 Å². The fourth-order valence-electron chi connectivity index (χ4n) is 5.64.